The first-order valence-corrected chi connectivity index (χ1v) is 12.0. The van der Waals surface area contributed by atoms with Crippen molar-refractivity contribution in [2.45, 2.75) is 36.4 Å². The molecule has 0 spiro atoms. The molecule has 0 N–H and O–H groups in total. The summed E-state index contributed by atoms with van der Waals surface area (Å²) in [7, 11) is 1.65. The van der Waals surface area contributed by atoms with Gasteiger partial charge in [0.05, 0.1) is 30.4 Å². The van der Waals surface area contributed by atoms with Crippen molar-refractivity contribution in [1.82, 2.24) is 19.9 Å². The minimum absolute atomic E-state index is 0.209. The molecule has 1 aromatic carbocycles. The second-order valence-corrected chi connectivity index (χ2v) is 9.11. The molecule has 0 aliphatic carbocycles. The lowest BCUT2D eigenvalue weighted by Crippen LogP contribution is -2.16. The van der Waals surface area contributed by atoms with Crippen molar-refractivity contribution < 1.29 is 14.0 Å². The van der Waals surface area contributed by atoms with Gasteiger partial charge in [-0.1, -0.05) is 23.0 Å². The van der Waals surface area contributed by atoms with Gasteiger partial charge in [-0.25, -0.2) is 0 Å². The van der Waals surface area contributed by atoms with Gasteiger partial charge in [0.15, 0.2) is 11.0 Å². The van der Waals surface area contributed by atoms with Gasteiger partial charge in [-0.3, -0.25) is 4.57 Å². The molecule has 5 rings (SSSR count). The van der Waals surface area contributed by atoms with Crippen molar-refractivity contribution in [3.8, 4) is 27.7 Å². The van der Waals surface area contributed by atoms with Crippen molar-refractivity contribution in [2.75, 3.05) is 13.7 Å². The normalized spacial score (nSPS) is 16.1. The molecule has 160 valence electrons. The number of thiophene rings is 1. The molecule has 0 bridgehead atoms. The highest BCUT2D eigenvalue weighted by atomic mass is 32.2. The van der Waals surface area contributed by atoms with Crippen LogP contribution >= 0.6 is 23.1 Å². The summed E-state index contributed by atoms with van der Waals surface area (Å²) in [5, 5.41) is 16.1. The molecule has 31 heavy (non-hydrogen) atoms. The topological polar surface area (TPSA) is 75.2 Å². The number of methoxy groups -OCH3 is 1. The molecule has 1 aliphatic heterocycles. The molecule has 4 heterocycles. The van der Waals surface area contributed by atoms with E-state index in [-0.39, 0.29) is 6.10 Å². The first kappa shape index (κ1) is 20.3. The Balaban J connectivity index is 1.32. The highest BCUT2D eigenvalue weighted by molar-refractivity contribution is 7.98. The monoisotopic (exact) mass is 454 g/mol. The van der Waals surface area contributed by atoms with Crippen molar-refractivity contribution >= 4 is 23.1 Å². The van der Waals surface area contributed by atoms with E-state index in [1.165, 1.54) is 0 Å². The molecule has 1 atom stereocenters. The molecule has 0 amide bonds. The zero-order valence-electron chi connectivity index (χ0n) is 17.1. The molecule has 1 aliphatic rings. The molecule has 0 unspecified atom stereocenters. The summed E-state index contributed by atoms with van der Waals surface area (Å²) in [5.74, 6) is 3.12. The van der Waals surface area contributed by atoms with E-state index in [1.807, 2.05) is 36.4 Å². The first-order chi connectivity index (χ1) is 15.3. The van der Waals surface area contributed by atoms with E-state index in [1.54, 1.807) is 30.2 Å². The number of thioether (sulfide) groups is 1. The fraction of sp³-hybridized carbons (Fsp3) is 0.318. The molecular formula is C22H22N4O3S2. The van der Waals surface area contributed by atoms with E-state index in [2.05, 4.69) is 31.4 Å². The number of rotatable bonds is 8. The van der Waals surface area contributed by atoms with Gasteiger partial charge in [-0.2, -0.15) is 0 Å². The lowest BCUT2D eigenvalue weighted by Gasteiger charge is -2.13. The zero-order valence-corrected chi connectivity index (χ0v) is 18.7. The maximum Gasteiger partial charge on any atom is 0.192 e. The van der Waals surface area contributed by atoms with Crippen LogP contribution < -0.4 is 4.74 Å². The van der Waals surface area contributed by atoms with Gasteiger partial charge in [0.2, 0.25) is 0 Å². The van der Waals surface area contributed by atoms with Crippen LogP contribution in [0.1, 0.15) is 18.6 Å². The SMILES string of the molecule is COc1ccc(-c2cc(CSc3nnc(-c4cccs4)n3C[C@H]3CCCO3)on2)cc1. The van der Waals surface area contributed by atoms with Crippen molar-refractivity contribution in [2.24, 2.45) is 0 Å². The van der Waals surface area contributed by atoms with E-state index in [0.29, 0.717) is 5.75 Å². The lowest BCUT2D eigenvalue weighted by molar-refractivity contribution is 0.0953. The molecule has 0 radical (unpaired) electrons. The quantitative estimate of drug-likeness (QED) is 0.341. The van der Waals surface area contributed by atoms with Gasteiger partial charge in [0.25, 0.3) is 0 Å². The van der Waals surface area contributed by atoms with Crippen LogP contribution in [0.4, 0.5) is 0 Å². The van der Waals surface area contributed by atoms with Gasteiger partial charge in [-0.15, -0.1) is 21.5 Å². The largest absolute Gasteiger partial charge is 0.497 e. The van der Waals surface area contributed by atoms with E-state index in [9.17, 15) is 0 Å². The van der Waals surface area contributed by atoms with Crippen LogP contribution in [-0.4, -0.2) is 39.7 Å². The van der Waals surface area contributed by atoms with E-state index in [4.69, 9.17) is 14.0 Å². The van der Waals surface area contributed by atoms with Crippen LogP contribution in [0.5, 0.6) is 5.75 Å². The zero-order chi connectivity index (χ0) is 21.0. The average Bonchev–Trinajstić information content (AvgIpc) is 3.61. The van der Waals surface area contributed by atoms with Crippen molar-refractivity contribution in [3.05, 3.63) is 53.6 Å². The van der Waals surface area contributed by atoms with Gasteiger partial charge < -0.3 is 14.0 Å². The van der Waals surface area contributed by atoms with Crippen molar-refractivity contribution in [1.29, 1.82) is 0 Å². The fourth-order valence-corrected chi connectivity index (χ4v) is 5.09. The summed E-state index contributed by atoms with van der Waals surface area (Å²) >= 11 is 3.27. The summed E-state index contributed by atoms with van der Waals surface area (Å²) in [6, 6.07) is 13.9. The van der Waals surface area contributed by atoms with E-state index in [0.717, 1.165) is 64.6 Å². The van der Waals surface area contributed by atoms with E-state index < -0.39 is 0 Å². The molecule has 0 saturated carbocycles. The Morgan fingerprint density at radius 1 is 1.23 bits per heavy atom. The predicted molar refractivity (Wildman–Crippen MR) is 120 cm³/mol. The maximum absolute atomic E-state index is 5.87. The van der Waals surface area contributed by atoms with Crippen LogP contribution in [0.2, 0.25) is 0 Å². The minimum Gasteiger partial charge on any atom is -0.497 e. The average molecular weight is 455 g/mol. The van der Waals surface area contributed by atoms with Gasteiger partial charge in [-0.05, 0) is 48.6 Å². The summed E-state index contributed by atoms with van der Waals surface area (Å²) in [4.78, 5) is 1.11. The third-order valence-corrected chi connectivity index (χ3v) is 7.01. The summed E-state index contributed by atoms with van der Waals surface area (Å²) < 4.78 is 18.8. The Labute approximate surface area is 188 Å². The van der Waals surface area contributed by atoms with Gasteiger partial charge in [0.1, 0.15) is 17.2 Å². The number of aromatic nitrogens is 4. The second-order valence-electron chi connectivity index (χ2n) is 7.22. The Morgan fingerprint density at radius 2 is 2.13 bits per heavy atom. The Hall–Kier alpha value is -2.62. The third-order valence-electron chi connectivity index (χ3n) is 5.16. The van der Waals surface area contributed by atoms with Gasteiger partial charge in [0, 0.05) is 18.2 Å². The summed E-state index contributed by atoms with van der Waals surface area (Å²) in [5.41, 5.74) is 1.79. The minimum atomic E-state index is 0.209. The smallest absolute Gasteiger partial charge is 0.192 e. The first-order valence-electron chi connectivity index (χ1n) is 10.1. The summed E-state index contributed by atoms with van der Waals surface area (Å²) in [6.45, 7) is 1.59. The second kappa shape index (κ2) is 9.25. The number of benzene rings is 1. The summed E-state index contributed by atoms with van der Waals surface area (Å²) in [6.07, 6.45) is 2.39. The van der Waals surface area contributed by atoms with Crippen LogP contribution in [0.15, 0.2) is 57.5 Å². The molecule has 3 aromatic heterocycles. The van der Waals surface area contributed by atoms with Crippen LogP contribution in [-0.2, 0) is 17.0 Å². The van der Waals surface area contributed by atoms with Gasteiger partial charge >= 0.3 is 0 Å². The van der Waals surface area contributed by atoms with Crippen LogP contribution in [0.3, 0.4) is 0 Å². The van der Waals surface area contributed by atoms with E-state index >= 15 is 0 Å². The maximum atomic E-state index is 5.87. The highest BCUT2D eigenvalue weighted by Gasteiger charge is 2.22. The number of hydrogen-bond acceptors (Lipinski definition) is 8. The Bertz CT molecular complexity index is 1120. The number of nitrogens with zero attached hydrogens (tertiary/aromatic N) is 4. The molecule has 7 nitrogen and oxygen atoms in total. The highest BCUT2D eigenvalue weighted by Crippen LogP contribution is 2.31. The predicted octanol–water partition coefficient (Wildman–Crippen LogP) is 5.14. The molecule has 4 aromatic rings. The number of hydrogen-bond donors (Lipinski definition) is 0. The third kappa shape index (κ3) is 4.53. The van der Waals surface area contributed by atoms with Crippen molar-refractivity contribution in [3.63, 3.8) is 0 Å². The molecule has 9 heteroatoms. The molecule has 1 saturated heterocycles. The fourth-order valence-electron chi connectivity index (χ4n) is 3.55. The Kier molecular flexibility index (Phi) is 6.06. The Morgan fingerprint density at radius 3 is 2.87 bits per heavy atom. The lowest BCUT2D eigenvalue weighted by atomic mass is 10.1. The van der Waals surface area contributed by atoms with Crippen LogP contribution in [0.25, 0.3) is 22.0 Å². The molecule has 1 fully saturated rings. The molecular weight excluding hydrogens is 432 g/mol. The standard InChI is InChI=1S/C22H22N4O3S2/c1-27-16-8-6-15(7-9-16)19-12-18(29-25-19)14-31-22-24-23-21(20-5-3-11-30-20)26(22)13-17-4-2-10-28-17/h3,5-9,11-12,17H,2,4,10,13-14H2,1H3/t17-/m1/s1. The number of ether oxygens (including phenoxy) is 2. The van der Waals surface area contributed by atoms with Crippen LogP contribution in [0, 0.1) is 0 Å².